The molecule has 1 saturated carbocycles. The summed E-state index contributed by atoms with van der Waals surface area (Å²) in [6, 6.07) is 0. The molecule has 19 heavy (non-hydrogen) atoms. The van der Waals surface area contributed by atoms with E-state index < -0.39 is 5.79 Å². The van der Waals surface area contributed by atoms with Gasteiger partial charge in [-0.25, -0.2) is 0 Å². The fraction of sp³-hybridized carbons (Fsp3) is 1.00. The molecule has 0 radical (unpaired) electrons. The largest absolute Gasteiger partial charge is 0.366 e. The van der Waals surface area contributed by atoms with Gasteiger partial charge in [-0.2, -0.15) is 0 Å². The molecule has 1 rings (SSSR count). The van der Waals surface area contributed by atoms with Crippen LogP contribution in [-0.2, 0) is 0 Å². The second-order valence-electron chi connectivity index (χ2n) is 6.56. The zero-order valence-corrected chi connectivity index (χ0v) is 12.9. The van der Waals surface area contributed by atoms with Gasteiger partial charge in [-0.3, -0.25) is 0 Å². The van der Waals surface area contributed by atoms with E-state index in [1.807, 2.05) is 0 Å². The molecule has 1 fully saturated rings. The summed E-state index contributed by atoms with van der Waals surface area (Å²) in [5.41, 5.74) is 0. The first kappa shape index (κ1) is 17.0. The van der Waals surface area contributed by atoms with Crippen LogP contribution < -0.4 is 0 Å². The van der Waals surface area contributed by atoms with Crippen LogP contribution in [0.25, 0.3) is 0 Å². The molecule has 2 heteroatoms. The lowest BCUT2D eigenvalue weighted by molar-refractivity contribution is -0.180. The maximum atomic E-state index is 10.1. The van der Waals surface area contributed by atoms with Gasteiger partial charge < -0.3 is 10.2 Å². The van der Waals surface area contributed by atoms with Crippen molar-refractivity contribution in [3.05, 3.63) is 0 Å². The van der Waals surface area contributed by atoms with Crippen molar-refractivity contribution in [1.82, 2.24) is 0 Å². The molecule has 114 valence electrons. The molecule has 0 aromatic heterocycles. The van der Waals surface area contributed by atoms with Crippen molar-refractivity contribution in [2.75, 3.05) is 0 Å². The molecule has 0 aromatic rings. The predicted octanol–water partition coefficient (Wildman–Crippen LogP) is 4.78. The molecular weight excluding hydrogens is 236 g/mol. The summed E-state index contributed by atoms with van der Waals surface area (Å²) in [5, 5.41) is 20.1. The van der Waals surface area contributed by atoms with Crippen molar-refractivity contribution < 1.29 is 10.2 Å². The third-order valence-electron chi connectivity index (χ3n) is 4.52. The van der Waals surface area contributed by atoms with Crippen molar-refractivity contribution in [2.24, 2.45) is 5.92 Å². The lowest BCUT2D eigenvalue weighted by atomic mass is 9.83. The highest BCUT2D eigenvalue weighted by Gasteiger charge is 2.27. The maximum absolute atomic E-state index is 10.1. The standard InChI is InChI=1S/C17H34O2/c1-2-3-4-5-6-7-11-14-17(18,19)15-16-12-9-8-10-13-16/h16,18-19H,2-15H2,1H3. The predicted molar refractivity (Wildman–Crippen MR) is 81.0 cm³/mol. The number of rotatable bonds is 10. The average Bonchev–Trinajstić information content (AvgIpc) is 2.38. The summed E-state index contributed by atoms with van der Waals surface area (Å²) >= 11 is 0. The van der Waals surface area contributed by atoms with Gasteiger partial charge in [0.25, 0.3) is 0 Å². The zero-order chi connectivity index (χ0) is 14.0. The summed E-state index contributed by atoms with van der Waals surface area (Å²) in [6.07, 6.45) is 16.1. The molecule has 0 unspecified atom stereocenters. The van der Waals surface area contributed by atoms with Gasteiger partial charge in [-0.05, 0) is 12.3 Å². The Balaban J connectivity index is 2.02. The number of unbranched alkanes of at least 4 members (excludes halogenated alkanes) is 6. The third kappa shape index (κ3) is 8.65. The SMILES string of the molecule is CCCCCCCCCC(O)(O)CC1CCCCC1. The Kier molecular flexibility index (Phi) is 8.72. The van der Waals surface area contributed by atoms with Crippen LogP contribution in [0.5, 0.6) is 0 Å². The molecule has 1 aliphatic rings. The Morgan fingerprint density at radius 1 is 0.842 bits per heavy atom. The van der Waals surface area contributed by atoms with Gasteiger partial charge in [0.1, 0.15) is 0 Å². The first-order chi connectivity index (χ1) is 9.14. The Bertz CT molecular complexity index is 207. The first-order valence-corrected chi connectivity index (χ1v) is 8.59. The number of hydrogen-bond donors (Lipinski definition) is 2. The van der Waals surface area contributed by atoms with Crippen molar-refractivity contribution in [3.63, 3.8) is 0 Å². The number of hydrogen-bond acceptors (Lipinski definition) is 2. The van der Waals surface area contributed by atoms with Gasteiger partial charge >= 0.3 is 0 Å². The van der Waals surface area contributed by atoms with Crippen LogP contribution in [-0.4, -0.2) is 16.0 Å². The van der Waals surface area contributed by atoms with Gasteiger partial charge in [0.15, 0.2) is 5.79 Å². The summed E-state index contributed by atoms with van der Waals surface area (Å²) in [5.74, 6) is -0.848. The second kappa shape index (κ2) is 9.77. The molecule has 0 spiro atoms. The van der Waals surface area contributed by atoms with Crippen molar-refractivity contribution in [1.29, 1.82) is 0 Å². The minimum absolute atomic E-state index is 0.549. The van der Waals surface area contributed by atoms with Crippen LogP contribution in [0.4, 0.5) is 0 Å². The Hall–Kier alpha value is -0.0800. The van der Waals surface area contributed by atoms with Gasteiger partial charge in [0.05, 0.1) is 0 Å². The first-order valence-electron chi connectivity index (χ1n) is 8.59. The average molecular weight is 270 g/mol. The normalized spacial score (nSPS) is 17.8. The number of aliphatic hydroxyl groups is 2. The summed E-state index contributed by atoms with van der Waals surface area (Å²) in [6.45, 7) is 2.23. The van der Waals surface area contributed by atoms with Gasteiger partial charge in [-0.1, -0.05) is 77.6 Å². The molecule has 2 nitrogen and oxygen atoms in total. The Morgan fingerprint density at radius 2 is 1.42 bits per heavy atom. The Labute approximate surface area is 119 Å². The third-order valence-corrected chi connectivity index (χ3v) is 4.52. The summed E-state index contributed by atoms with van der Waals surface area (Å²) in [7, 11) is 0. The fourth-order valence-corrected chi connectivity index (χ4v) is 3.32. The van der Waals surface area contributed by atoms with Crippen LogP contribution in [0.2, 0.25) is 0 Å². The molecule has 0 atom stereocenters. The highest BCUT2D eigenvalue weighted by Crippen LogP contribution is 2.31. The van der Waals surface area contributed by atoms with Crippen molar-refractivity contribution >= 4 is 0 Å². The molecule has 0 amide bonds. The molecule has 0 aliphatic heterocycles. The molecule has 0 aromatic carbocycles. The highest BCUT2D eigenvalue weighted by molar-refractivity contribution is 4.74. The lowest BCUT2D eigenvalue weighted by Gasteiger charge is -2.29. The van der Waals surface area contributed by atoms with E-state index in [0.29, 0.717) is 18.8 Å². The smallest absolute Gasteiger partial charge is 0.162 e. The van der Waals surface area contributed by atoms with Gasteiger partial charge in [0.2, 0.25) is 0 Å². The minimum atomic E-state index is -1.40. The molecule has 0 heterocycles. The summed E-state index contributed by atoms with van der Waals surface area (Å²) < 4.78 is 0. The molecule has 1 aliphatic carbocycles. The van der Waals surface area contributed by atoms with Crippen LogP contribution >= 0.6 is 0 Å². The second-order valence-corrected chi connectivity index (χ2v) is 6.56. The van der Waals surface area contributed by atoms with E-state index in [1.54, 1.807) is 0 Å². The molecule has 0 bridgehead atoms. The topological polar surface area (TPSA) is 40.5 Å². The van der Waals surface area contributed by atoms with E-state index >= 15 is 0 Å². The van der Waals surface area contributed by atoms with E-state index in [-0.39, 0.29) is 0 Å². The Morgan fingerprint density at radius 3 is 2.05 bits per heavy atom. The van der Waals surface area contributed by atoms with Gasteiger partial charge in [-0.15, -0.1) is 0 Å². The van der Waals surface area contributed by atoms with Crippen LogP contribution in [0.15, 0.2) is 0 Å². The van der Waals surface area contributed by atoms with E-state index in [0.717, 1.165) is 12.8 Å². The molecular formula is C17H34O2. The van der Waals surface area contributed by atoms with Crippen LogP contribution in [0.1, 0.15) is 96.8 Å². The molecule has 0 saturated heterocycles. The van der Waals surface area contributed by atoms with E-state index in [9.17, 15) is 10.2 Å². The van der Waals surface area contributed by atoms with Crippen LogP contribution in [0.3, 0.4) is 0 Å². The summed E-state index contributed by atoms with van der Waals surface area (Å²) in [4.78, 5) is 0. The monoisotopic (exact) mass is 270 g/mol. The minimum Gasteiger partial charge on any atom is -0.366 e. The van der Waals surface area contributed by atoms with Crippen molar-refractivity contribution in [3.8, 4) is 0 Å². The van der Waals surface area contributed by atoms with Crippen LogP contribution in [0, 0.1) is 5.92 Å². The maximum Gasteiger partial charge on any atom is 0.162 e. The molecule has 2 N–H and O–H groups in total. The fourth-order valence-electron chi connectivity index (χ4n) is 3.32. The lowest BCUT2D eigenvalue weighted by Crippen LogP contribution is -2.31. The van der Waals surface area contributed by atoms with E-state index in [1.165, 1.54) is 64.2 Å². The van der Waals surface area contributed by atoms with E-state index in [4.69, 9.17) is 0 Å². The van der Waals surface area contributed by atoms with Crippen molar-refractivity contribution in [2.45, 2.75) is 103 Å². The van der Waals surface area contributed by atoms with Gasteiger partial charge in [0, 0.05) is 12.8 Å². The quantitative estimate of drug-likeness (QED) is 0.443. The highest BCUT2D eigenvalue weighted by atomic mass is 16.5. The zero-order valence-electron chi connectivity index (χ0n) is 12.9. The van der Waals surface area contributed by atoms with E-state index in [2.05, 4.69) is 6.92 Å².